The summed E-state index contributed by atoms with van der Waals surface area (Å²) in [6.45, 7) is 7.00. The van der Waals surface area contributed by atoms with Crippen molar-refractivity contribution in [1.29, 1.82) is 0 Å². The molecule has 15 heavy (non-hydrogen) atoms. The van der Waals surface area contributed by atoms with E-state index in [1.54, 1.807) is 0 Å². The van der Waals surface area contributed by atoms with E-state index in [2.05, 4.69) is 29.1 Å². The summed E-state index contributed by atoms with van der Waals surface area (Å²) in [7, 11) is 0. The number of hydrogen-bond acceptors (Lipinski definition) is 4. The first-order valence-corrected chi connectivity index (χ1v) is 5.42. The molecule has 5 heteroatoms. The van der Waals surface area contributed by atoms with Gasteiger partial charge in [-0.25, -0.2) is 4.98 Å². The first-order chi connectivity index (χ1) is 7.00. The Hall–Kier alpha value is -1.03. The molecule has 0 spiro atoms. The number of anilines is 2. The lowest BCUT2D eigenvalue weighted by molar-refractivity contribution is 0.606. The van der Waals surface area contributed by atoms with Crippen LogP contribution < -0.4 is 11.1 Å². The quantitative estimate of drug-likeness (QED) is 0.778. The van der Waals surface area contributed by atoms with Crippen LogP contribution in [0, 0.1) is 12.8 Å². The lowest BCUT2D eigenvalue weighted by Crippen LogP contribution is -2.10. The van der Waals surface area contributed by atoms with Gasteiger partial charge in [-0.2, -0.15) is 4.98 Å². The third kappa shape index (κ3) is 3.55. The highest BCUT2D eigenvalue weighted by molar-refractivity contribution is 6.28. The monoisotopic (exact) mass is 228 g/mol. The zero-order valence-electron chi connectivity index (χ0n) is 9.34. The molecule has 0 saturated carbocycles. The zero-order chi connectivity index (χ0) is 11.4. The van der Waals surface area contributed by atoms with Crippen molar-refractivity contribution in [2.75, 3.05) is 17.6 Å². The molecule has 3 N–H and O–H groups in total. The molecule has 1 aromatic rings. The number of halogens is 1. The van der Waals surface area contributed by atoms with Crippen LogP contribution in [0.5, 0.6) is 0 Å². The van der Waals surface area contributed by atoms with Crippen LogP contribution in [0.2, 0.25) is 5.28 Å². The van der Waals surface area contributed by atoms with E-state index in [9.17, 15) is 0 Å². The molecule has 4 nitrogen and oxygen atoms in total. The van der Waals surface area contributed by atoms with Gasteiger partial charge in [0.05, 0.1) is 11.4 Å². The lowest BCUT2D eigenvalue weighted by Gasteiger charge is -2.11. The van der Waals surface area contributed by atoms with Gasteiger partial charge in [0.1, 0.15) is 0 Å². The smallest absolute Gasteiger partial charge is 0.224 e. The van der Waals surface area contributed by atoms with Crippen molar-refractivity contribution in [2.24, 2.45) is 5.92 Å². The SMILES string of the molecule is Cc1nc(Cl)nc(NCCC(C)C)c1N. The minimum Gasteiger partial charge on any atom is -0.394 e. The van der Waals surface area contributed by atoms with E-state index in [0.29, 0.717) is 23.1 Å². The third-order valence-corrected chi connectivity index (χ3v) is 2.29. The van der Waals surface area contributed by atoms with Crippen molar-refractivity contribution in [3.05, 3.63) is 11.0 Å². The Labute approximate surface area is 95.3 Å². The molecule has 0 unspecified atom stereocenters. The van der Waals surface area contributed by atoms with Crippen LogP contribution in [-0.4, -0.2) is 16.5 Å². The number of nitrogens with zero attached hydrogens (tertiary/aromatic N) is 2. The molecule has 0 amide bonds. The Kier molecular flexibility index (Phi) is 4.15. The van der Waals surface area contributed by atoms with E-state index in [4.69, 9.17) is 17.3 Å². The number of rotatable bonds is 4. The molecule has 0 aliphatic carbocycles. The summed E-state index contributed by atoms with van der Waals surface area (Å²) >= 11 is 5.75. The fraction of sp³-hybridized carbons (Fsp3) is 0.600. The minimum absolute atomic E-state index is 0.230. The van der Waals surface area contributed by atoms with E-state index in [1.807, 2.05) is 6.92 Å². The fourth-order valence-electron chi connectivity index (χ4n) is 1.16. The molecular formula is C10H17ClN4. The van der Waals surface area contributed by atoms with Gasteiger partial charge in [-0.1, -0.05) is 13.8 Å². The predicted octanol–water partition coefficient (Wildman–Crippen LogP) is 2.48. The molecule has 0 aromatic carbocycles. The minimum atomic E-state index is 0.230. The second-order valence-electron chi connectivity index (χ2n) is 3.95. The van der Waals surface area contributed by atoms with Gasteiger partial charge in [0.25, 0.3) is 0 Å². The van der Waals surface area contributed by atoms with Crippen LogP contribution >= 0.6 is 11.6 Å². The van der Waals surface area contributed by atoms with Crippen LogP contribution in [0.1, 0.15) is 26.0 Å². The van der Waals surface area contributed by atoms with E-state index in [1.165, 1.54) is 0 Å². The van der Waals surface area contributed by atoms with Gasteiger partial charge in [-0.3, -0.25) is 0 Å². The highest BCUT2D eigenvalue weighted by atomic mass is 35.5. The maximum Gasteiger partial charge on any atom is 0.224 e. The van der Waals surface area contributed by atoms with Gasteiger partial charge in [0.15, 0.2) is 5.82 Å². The van der Waals surface area contributed by atoms with Gasteiger partial charge >= 0.3 is 0 Å². The zero-order valence-corrected chi connectivity index (χ0v) is 10.1. The van der Waals surface area contributed by atoms with Gasteiger partial charge < -0.3 is 11.1 Å². The summed E-state index contributed by atoms with van der Waals surface area (Å²) in [5, 5.41) is 3.40. The second-order valence-corrected chi connectivity index (χ2v) is 4.29. The Morgan fingerprint density at radius 3 is 2.67 bits per heavy atom. The van der Waals surface area contributed by atoms with Crippen LogP contribution in [0.25, 0.3) is 0 Å². The average Bonchev–Trinajstić information content (AvgIpc) is 2.12. The topological polar surface area (TPSA) is 63.8 Å². The van der Waals surface area contributed by atoms with Crippen LogP contribution in [0.15, 0.2) is 0 Å². The second kappa shape index (κ2) is 5.16. The van der Waals surface area contributed by atoms with E-state index in [0.717, 1.165) is 13.0 Å². The van der Waals surface area contributed by atoms with Crippen molar-refractivity contribution < 1.29 is 0 Å². The summed E-state index contributed by atoms with van der Waals surface area (Å²) in [6, 6.07) is 0. The summed E-state index contributed by atoms with van der Waals surface area (Å²) in [5.74, 6) is 1.28. The van der Waals surface area contributed by atoms with Crippen molar-refractivity contribution >= 4 is 23.1 Å². The fourth-order valence-corrected chi connectivity index (χ4v) is 1.37. The summed E-state index contributed by atoms with van der Waals surface area (Å²) in [4.78, 5) is 8.01. The van der Waals surface area contributed by atoms with Crippen LogP contribution in [0.4, 0.5) is 11.5 Å². The van der Waals surface area contributed by atoms with Crippen molar-refractivity contribution in [3.63, 3.8) is 0 Å². The van der Waals surface area contributed by atoms with Crippen molar-refractivity contribution in [1.82, 2.24) is 9.97 Å². The average molecular weight is 229 g/mol. The van der Waals surface area contributed by atoms with E-state index < -0.39 is 0 Å². The lowest BCUT2D eigenvalue weighted by atomic mass is 10.1. The van der Waals surface area contributed by atoms with Crippen molar-refractivity contribution in [3.8, 4) is 0 Å². The Balaban J connectivity index is 2.68. The van der Waals surface area contributed by atoms with Gasteiger partial charge in [-0.15, -0.1) is 0 Å². The van der Waals surface area contributed by atoms with Crippen LogP contribution in [-0.2, 0) is 0 Å². The molecule has 1 aromatic heterocycles. The number of nitrogen functional groups attached to an aromatic ring is 1. The van der Waals surface area contributed by atoms with E-state index in [-0.39, 0.29) is 5.28 Å². The number of nitrogens with one attached hydrogen (secondary N) is 1. The molecule has 0 aliphatic heterocycles. The standard InChI is InChI=1S/C10H17ClN4/c1-6(2)4-5-13-9-8(12)7(3)14-10(11)15-9/h6H,4-5,12H2,1-3H3,(H,13,14,15). The van der Waals surface area contributed by atoms with Gasteiger partial charge in [0, 0.05) is 6.54 Å². The largest absolute Gasteiger partial charge is 0.394 e. The first kappa shape index (κ1) is 12.0. The molecular weight excluding hydrogens is 212 g/mol. The maximum atomic E-state index is 5.82. The van der Waals surface area contributed by atoms with Crippen LogP contribution in [0.3, 0.4) is 0 Å². The predicted molar refractivity (Wildman–Crippen MR) is 64.1 cm³/mol. The number of aromatic nitrogens is 2. The third-order valence-electron chi connectivity index (χ3n) is 2.12. The van der Waals surface area contributed by atoms with E-state index >= 15 is 0 Å². The molecule has 0 bridgehead atoms. The molecule has 1 rings (SSSR count). The molecule has 0 saturated heterocycles. The number of aryl methyl sites for hydroxylation is 1. The first-order valence-electron chi connectivity index (χ1n) is 5.04. The number of hydrogen-bond donors (Lipinski definition) is 2. The number of nitrogens with two attached hydrogens (primary N) is 1. The van der Waals surface area contributed by atoms with Gasteiger partial charge in [0.2, 0.25) is 5.28 Å². The molecule has 1 heterocycles. The van der Waals surface area contributed by atoms with Gasteiger partial charge in [-0.05, 0) is 30.9 Å². The Bertz CT molecular complexity index is 338. The summed E-state index contributed by atoms with van der Waals surface area (Å²) in [6.07, 6.45) is 1.07. The Morgan fingerprint density at radius 2 is 2.07 bits per heavy atom. The molecule has 84 valence electrons. The maximum absolute atomic E-state index is 5.82. The highest BCUT2D eigenvalue weighted by Gasteiger charge is 2.06. The molecule has 0 atom stereocenters. The molecule has 0 radical (unpaired) electrons. The molecule has 0 fully saturated rings. The van der Waals surface area contributed by atoms with Crippen molar-refractivity contribution in [2.45, 2.75) is 27.2 Å². The normalized spacial score (nSPS) is 10.7. The highest BCUT2D eigenvalue weighted by Crippen LogP contribution is 2.20. The summed E-state index contributed by atoms with van der Waals surface area (Å²) < 4.78 is 0. The molecule has 0 aliphatic rings. The summed E-state index contributed by atoms with van der Waals surface area (Å²) in [5.41, 5.74) is 7.10. The Morgan fingerprint density at radius 1 is 1.40 bits per heavy atom.